The van der Waals surface area contributed by atoms with Crippen molar-refractivity contribution in [3.05, 3.63) is 35.9 Å². The first-order valence-corrected chi connectivity index (χ1v) is 5.27. The molecule has 0 amide bonds. The van der Waals surface area contributed by atoms with Crippen LogP contribution >= 0.6 is 0 Å². The Morgan fingerprint density at radius 1 is 1.21 bits per heavy atom. The fourth-order valence-corrected chi connectivity index (χ4v) is 0.975. The lowest BCUT2D eigenvalue weighted by Gasteiger charge is -2.00. The third-order valence-corrected chi connectivity index (χ3v) is 1.74. The molecule has 0 radical (unpaired) electrons. The van der Waals surface area contributed by atoms with Crippen LogP contribution in [0.4, 0.5) is 13.2 Å². The number of carbonyl (C=O) groups is 2. The zero-order valence-corrected chi connectivity index (χ0v) is 10.1. The Morgan fingerprint density at radius 3 is 2.05 bits per heavy atom. The molecule has 19 heavy (non-hydrogen) atoms. The molecule has 106 valence electrons. The van der Waals surface area contributed by atoms with Crippen molar-refractivity contribution in [3.8, 4) is 0 Å². The van der Waals surface area contributed by atoms with Crippen LogP contribution in [0.1, 0.15) is 12.5 Å². The summed E-state index contributed by atoms with van der Waals surface area (Å²) in [5.74, 6) is -2.92. The molecule has 1 aromatic rings. The number of esters is 1. The summed E-state index contributed by atoms with van der Waals surface area (Å²) >= 11 is 0. The first kappa shape index (κ1) is 16.9. The fourth-order valence-electron chi connectivity index (χ4n) is 0.975. The van der Waals surface area contributed by atoms with Gasteiger partial charge in [-0.15, -0.1) is 0 Å². The van der Waals surface area contributed by atoms with Crippen LogP contribution in [0, 0.1) is 0 Å². The highest BCUT2D eigenvalue weighted by Crippen LogP contribution is 2.13. The molecule has 0 aliphatic carbocycles. The van der Waals surface area contributed by atoms with Crippen molar-refractivity contribution < 1.29 is 32.6 Å². The normalized spacial score (nSPS) is 10.1. The van der Waals surface area contributed by atoms with Gasteiger partial charge in [0.2, 0.25) is 0 Å². The maximum Gasteiger partial charge on any atom is 0.490 e. The summed E-state index contributed by atoms with van der Waals surface area (Å²) in [6, 6.07) is 9.58. The minimum atomic E-state index is -5.08. The summed E-state index contributed by atoms with van der Waals surface area (Å²) in [5, 5.41) is 7.12. The average Bonchev–Trinajstić information content (AvgIpc) is 2.30. The van der Waals surface area contributed by atoms with Gasteiger partial charge in [-0.1, -0.05) is 30.3 Å². The standard InChI is InChI=1S/C10H12O2.C2HF3O2/c1-2-12-10(11)8-9-6-4-3-5-7-9;3-2(4,5)1(6)7/h3-7H,2,8H2,1H3;(H,6,7). The maximum absolute atomic E-state index is 11.0. The van der Waals surface area contributed by atoms with E-state index in [0.29, 0.717) is 13.0 Å². The smallest absolute Gasteiger partial charge is 0.475 e. The number of alkyl halides is 3. The minimum Gasteiger partial charge on any atom is -0.475 e. The average molecular weight is 278 g/mol. The van der Waals surface area contributed by atoms with Crippen molar-refractivity contribution in [2.24, 2.45) is 0 Å². The topological polar surface area (TPSA) is 63.6 Å². The van der Waals surface area contributed by atoms with E-state index in [1.54, 1.807) is 0 Å². The van der Waals surface area contributed by atoms with Gasteiger partial charge in [-0.05, 0) is 12.5 Å². The van der Waals surface area contributed by atoms with Crippen LogP contribution in [-0.4, -0.2) is 29.8 Å². The van der Waals surface area contributed by atoms with E-state index in [2.05, 4.69) is 0 Å². The quantitative estimate of drug-likeness (QED) is 0.862. The minimum absolute atomic E-state index is 0.163. The van der Waals surface area contributed by atoms with Gasteiger partial charge in [0.25, 0.3) is 0 Å². The largest absolute Gasteiger partial charge is 0.490 e. The number of hydrogen-bond donors (Lipinski definition) is 1. The number of ether oxygens (including phenoxy) is 1. The van der Waals surface area contributed by atoms with Gasteiger partial charge >= 0.3 is 18.1 Å². The molecule has 0 spiro atoms. The Balaban J connectivity index is 0.000000399. The van der Waals surface area contributed by atoms with E-state index in [4.69, 9.17) is 14.6 Å². The lowest BCUT2D eigenvalue weighted by Crippen LogP contribution is -2.21. The molecule has 0 bridgehead atoms. The van der Waals surface area contributed by atoms with Crippen molar-refractivity contribution in [1.29, 1.82) is 0 Å². The van der Waals surface area contributed by atoms with Gasteiger partial charge in [-0.25, -0.2) is 4.79 Å². The van der Waals surface area contributed by atoms with Crippen molar-refractivity contribution in [2.45, 2.75) is 19.5 Å². The van der Waals surface area contributed by atoms with Crippen molar-refractivity contribution in [3.63, 3.8) is 0 Å². The van der Waals surface area contributed by atoms with E-state index in [1.807, 2.05) is 37.3 Å². The van der Waals surface area contributed by atoms with Crippen LogP contribution in [0.5, 0.6) is 0 Å². The predicted octanol–water partition coefficient (Wildman–Crippen LogP) is 2.43. The molecule has 0 aromatic heterocycles. The molecule has 4 nitrogen and oxygen atoms in total. The zero-order valence-electron chi connectivity index (χ0n) is 10.1. The molecule has 7 heteroatoms. The Bertz CT molecular complexity index is 401. The molecule has 0 heterocycles. The summed E-state index contributed by atoms with van der Waals surface area (Å²) < 4.78 is 36.5. The Kier molecular flexibility index (Phi) is 7.25. The van der Waals surface area contributed by atoms with Gasteiger partial charge in [-0.3, -0.25) is 4.79 Å². The van der Waals surface area contributed by atoms with Crippen LogP contribution in [0.2, 0.25) is 0 Å². The van der Waals surface area contributed by atoms with Gasteiger partial charge in [0.1, 0.15) is 0 Å². The number of carboxylic acids is 1. The number of rotatable bonds is 3. The molecule has 0 saturated carbocycles. The zero-order chi connectivity index (χ0) is 14.9. The first-order chi connectivity index (χ1) is 8.77. The van der Waals surface area contributed by atoms with Gasteiger partial charge < -0.3 is 9.84 Å². The summed E-state index contributed by atoms with van der Waals surface area (Å²) in [7, 11) is 0. The number of carbonyl (C=O) groups excluding carboxylic acids is 1. The predicted molar refractivity (Wildman–Crippen MR) is 60.5 cm³/mol. The summed E-state index contributed by atoms with van der Waals surface area (Å²) in [5.41, 5.74) is 0.996. The van der Waals surface area contributed by atoms with Gasteiger partial charge in [0.15, 0.2) is 0 Å². The van der Waals surface area contributed by atoms with Crippen LogP contribution in [0.15, 0.2) is 30.3 Å². The van der Waals surface area contributed by atoms with Gasteiger partial charge in [-0.2, -0.15) is 13.2 Å². The molecule has 1 rings (SSSR count). The van der Waals surface area contributed by atoms with E-state index >= 15 is 0 Å². The number of aliphatic carboxylic acids is 1. The lowest BCUT2D eigenvalue weighted by atomic mass is 10.2. The van der Waals surface area contributed by atoms with Crippen LogP contribution in [-0.2, 0) is 20.7 Å². The van der Waals surface area contributed by atoms with Gasteiger partial charge in [0, 0.05) is 0 Å². The molecule has 0 unspecified atom stereocenters. The van der Waals surface area contributed by atoms with Gasteiger partial charge in [0.05, 0.1) is 13.0 Å². The highest BCUT2D eigenvalue weighted by molar-refractivity contribution is 5.73. The van der Waals surface area contributed by atoms with E-state index in [0.717, 1.165) is 5.56 Å². The van der Waals surface area contributed by atoms with E-state index in [9.17, 15) is 18.0 Å². The van der Waals surface area contributed by atoms with E-state index in [1.165, 1.54) is 0 Å². The Labute approximate surface area is 107 Å². The highest BCUT2D eigenvalue weighted by atomic mass is 19.4. The second kappa shape index (κ2) is 8.12. The number of hydrogen-bond acceptors (Lipinski definition) is 3. The summed E-state index contributed by atoms with van der Waals surface area (Å²) in [4.78, 5) is 19.9. The first-order valence-electron chi connectivity index (χ1n) is 5.27. The number of benzene rings is 1. The monoisotopic (exact) mass is 278 g/mol. The second-order valence-corrected chi connectivity index (χ2v) is 3.27. The molecule has 1 aromatic carbocycles. The van der Waals surface area contributed by atoms with Crippen LogP contribution < -0.4 is 0 Å². The second-order valence-electron chi connectivity index (χ2n) is 3.27. The molecular formula is C12H13F3O4. The number of halogens is 3. The molecular weight excluding hydrogens is 265 g/mol. The molecule has 0 aliphatic rings. The third-order valence-electron chi connectivity index (χ3n) is 1.74. The lowest BCUT2D eigenvalue weighted by molar-refractivity contribution is -0.192. The summed E-state index contributed by atoms with van der Waals surface area (Å²) in [6.07, 6.45) is -4.71. The molecule has 1 N–H and O–H groups in total. The van der Waals surface area contributed by atoms with Crippen LogP contribution in [0.3, 0.4) is 0 Å². The van der Waals surface area contributed by atoms with Crippen molar-refractivity contribution in [2.75, 3.05) is 6.61 Å². The van der Waals surface area contributed by atoms with E-state index < -0.39 is 12.1 Å². The number of carboxylic acid groups (broad SMARTS) is 1. The Hall–Kier alpha value is -2.05. The SMILES string of the molecule is CCOC(=O)Cc1ccccc1.O=C(O)C(F)(F)F. The maximum atomic E-state index is 11.0. The fraction of sp³-hybridized carbons (Fsp3) is 0.333. The van der Waals surface area contributed by atoms with Crippen molar-refractivity contribution >= 4 is 11.9 Å². The summed E-state index contributed by atoms with van der Waals surface area (Å²) in [6.45, 7) is 2.26. The Morgan fingerprint density at radius 2 is 1.68 bits per heavy atom. The van der Waals surface area contributed by atoms with Crippen molar-refractivity contribution in [1.82, 2.24) is 0 Å². The molecule has 0 aliphatic heterocycles. The molecule has 0 saturated heterocycles. The van der Waals surface area contributed by atoms with E-state index in [-0.39, 0.29) is 5.97 Å². The molecule has 0 fully saturated rings. The highest BCUT2D eigenvalue weighted by Gasteiger charge is 2.38. The van der Waals surface area contributed by atoms with Crippen LogP contribution in [0.25, 0.3) is 0 Å². The third kappa shape index (κ3) is 8.64. The molecule has 0 atom stereocenters.